The highest BCUT2D eigenvalue weighted by Gasteiger charge is 2.13. The number of aliphatic hydroxyl groups excluding tert-OH is 1. The summed E-state index contributed by atoms with van der Waals surface area (Å²) in [6.45, 7) is 1.60. The highest BCUT2D eigenvalue weighted by atomic mass is 16.3. The van der Waals surface area contributed by atoms with Gasteiger partial charge in [0.25, 0.3) is 5.56 Å². The minimum absolute atomic E-state index is 0.134. The number of aromatic nitrogens is 1. The smallest absolute Gasteiger partial charge is 0.319 e. The van der Waals surface area contributed by atoms with E-state index in [0.29, 0.717) is 17.7 Å². The number of carbonyl (C=O) groups is 1. The Balaban J connectivity index is 2.00. The number of benzene rings is 1. The van der Waals surface area contributed by atoms with Crippen molar-refractivity contribution in [1.29, 1.82) is 0 Å². The Morgan fingerprint density at radius 3 is 2.65 bits per heavy atom. The molecule has 0 aliphatic rings. The van der Waals surface area contributed by atoms with Crippen LogP contribution in [0.2, 0.25) is 0 Å². The maximum atomic E-state index is 12.1. The van der Waals surface area contributed by atoms with Crippen LogP contribution in [-0.4, -0.2) is 28.4 Å². The highest BCUT2D eigenvalue weighted by Crippen LogP contribution is 2.11. The molecule has 2 rings (SSSR count). The first-order valence-electron chi connectivity index (χ1n) is 7.39. The van der Waals surface area contributed by atoms with Crippen molar-refractivity contribution in [3.8, 4) is 0 Å². The van der Waals surface area contributed by atoms with Crippen LogP contribution in [0, 0.1) is 6.92 Å². The van der Waals surface area contributed by atoms with E-state index in [1.54, 1.807) is 20.2 Å². The van der Waals surface area contributed by atoms with Crippen LogP contribution in [0.25, 0.3) is 0 Å². The van der Waals surface area contributed by atoms with Crippen molar-refractivity contribution in [3.63, 3.8) is 0 Å². The lowest BCUT2D eigenvalue weighted by Crippen LogP contribution is -2.41. The lowest BCUT2D eigenvalue weighted by atomic mass is 10.1. The Labute approximate surface area is 134 Å². The van der Waals surface area contributed by atoms with E-state index in [2.05, 4.69) is 10.6 Å². The topological polar surface area (TPSA) is 83.4 Å². The van der Waals surface area contributed by atoms with Crippen LogP contribution in [0.1, 0.15) is 11.1 Å². The molecule has 2 amide bonds. The lowest BCUT2D eigenvalue weighted by molar-refractivity contribution is 0.224. The van der Waals surface area contributed by atoms with Gasteiger partial charge in [0.2, 0.25) is 0 Å². The van der Waals surface area contributed by atoms with Gasteiger partial charge in [-0.25, -0.2) is 4.79 Å². The molecule has 3 N–H and O–H groups in total. The van der Waals surface area contributed by atoms with Crippen molar-refractivity contribution in [2.45, 2.75) is 19.4 Å². The van der Waals surface area contributed by atoms with Crippen molar-refractivity contribution in [2.24, 2.45) is 7.05 Å². The van der Waals surface area contributed by atoms with E-state index in [-0.39, 0.29) is 18.2 Å². The Hall–Kier alpha value is -2.60. The molecule has 6 nitrogen and oxygen atoms in total. The highest BCUT2D eigenvalue weighted by molar-refractivity contribution is 5.90. The van der Waals surface area contributed by atoms with Gasteiger partial charge in [0, 0.05) is 19.3 Å². The largest absolute Gasteiger partial charge is 0.394 e. The monoisotopic (exact) mass is 315 g/mol. The number of aryl methyl sites for hydroxylation is 2. The molecule has 1 aromatic carbocycles. The summed E-state index contributed by atoms with van der Waals surface area (Å²) in [6, 6.07) is 10.3. The van der Waals surface area contributed by atoms with Crippen LogP contribution < -0.4 is 16.2 Å². The third-order valence-electron chi connectivity index (χ3n) is 3.56. The number of amides is 2. The Kier molecular flexibility index (Phi) is 5.54. The van der Waals surface area contributed by atoms with Crippen molar-refractivity contribution < 1.29 is 9.90 Å². The molecule has 122 valence electrons. The van der Waals surface area contributed by atoms with Crippen molar-refractivity contribution in [2.75, 3.05) is 11.9 Å². The van der Waals surface area contributed by atoms with E-state index in [1.165, 1.54) is 10.6 Å². The summed E-state index contributed by atoms with van der Waals surface area (Å²) in [5.41, 5.74) is 2.14. The number of hydrogen-bond acceptors (Lipinski definition) is 3. The number of urea groups is 1. The summed E-state index contributed by atoms with van der Waals surface area (Å²) in [7, 11) is 1.62. The second kappa shape index (κ2) is 7.60. The van der Waals surface area contributed by atoms with Gasteiger partial charge >= 0.3 is 6.03 Å². The SMILES string of the molecule is Cc1cc(=O)n(C)cc1NC(=O)N[C@H](CO)Cc1ccccc1. The zero-order valence-corrected chi connectivity index (χ0v) is 13.2. The molecule has 0 radical (unpaired) electrons. The average Bonchev–Trinajstić information content (AvgIpc) is 2.53. The van der Waals surface area contributed by atoms with Crippen LogP contribution in [0.5, 0.6) is 0 Å². The first kappa shape index (κ1) is 16.8. The van der Waals surface area contributed by atoms with Crippen molar-refractivity contribution in [3.05, 3.63) is 64.1 Å². The summed E-state index contributed by atoms with van der Waals surface area (Å²) in [5.74, 6) is 0. The molecule has 0 aliphatic carbocycles. The van der Waals surface area contributed by atoms with Gasteiger partial charge in [-0.15, -0.1) is 0 Å². The zero-order chi connectivity index (χ0) is 16.8. The summed E-state index contributed by atoms with van der Waals surface area (Å²) in [6.07, 6.45) is 2.11. The summed E-state index contributed by atoms with van der Waals surface area (Å²) >= 11 is 0. The van der Waals surface area contributed by atoms with E-state index in [0.717, 1.165) is 5.56 Å². The van der Waals surface area contributed by atoms with Crippen LogP contribution in [0.15, 0.2) is 47.4 Å². The average molecular weight is 315 g/mol. The fraction of sp³-hybridized carbons (Fsp3) is 0.294. The molecule has 1 aromatic heterocycles. The first-order chi connectivity index (χ1) is 11.0. The number of carbonyl (C=O) groups excluding carboxylic acids is 1. The minimum Gasteiger partial charge on any atom is -0.394 e. The van der Waals surface area contributed by atoms with Gasteiger partial charge in [0.1, 0.15) is 0 Å². The second-order valence-electron chi connectivity index (χ2n) is 5.49. The number of nitrogens with one attached hydrogen (secondary N) is 2. The van der Waals surface area contributed by atoms with Crippen LogP contribution in [0.4, 0.5) is 10.5 Å². The van der Waals surface area contributed by atoms with E-state index in [4.69, 9.17) is 0 Å². The van der Waals surface area contributed by atoms with Crippen molar-refractivity contribution >= 4 is 11.7 Å². The predicted molar refractivity (Wildman–Crippen MR) is 89.6 cm³/mol. The summed E-state index contributed by atoms with van der Waals surface area (Å²) < 4.78 is 1.40. The molecule has 6 heteroatoms. The van der Waals surface area contributed by atoms with E-state index in [1.807, 2.05) is 30.3 Å². The van der Waals surface area contributed by atoms with Gasteiger partial charge in [-0.3, -0.25) is 4.79 Å². The molecule has 0 unspecified atom stereocenters. The molecule has 2 aromatic rings. The van der Waals surface area contributed by atoms with Crippen LogP contribution in [0.3, 0.4) is 0 Å². The lowest BCUT2D eigenvalue weighted by Gasteiger charge is -2.18. The zero-order valence-electron chi connectivity index (χ0n) is 13.2. The second-order valence-corrected chi connectivity index (χ2v) is 5.49. The molecule has 0 aliphatic heterocycles. The molecule has 1 heterocycles. The molecule has 0 fully saturated rings. The molecule has 1 atom stereocenters. The van der Waals surface area contributed by atoms with Gasteiger partial charge in [0.15, 0.2) is 0 Å². The molecule has 0 saturated carbocycles. The standard InChI is InChI=1S/C17H21N3O3/c1-12-8-16(22)20(2)10-15(12)19-17(23)18-14(11-21)9-13-6-4-3-5-7-13/h3-8,10,14,21H,9,11H2,1-2H3,(H2,18,19,23)/t14-/m0/s1. The number of aliphatic hydroxyl groups is 1. The number of rotatable bonds is 5. The van der Waals surface area contributed by atoms with Gasteiger partial charge in [0.05, 0.1) is 18.3 Å². The van der Waals surface area contributed by atoms with Gasteiger partial charge < -0.3 is 20.3 Å². The maximum absolute atomic E-state index is 12.1. The molecule has 23 heavy (non-hydrogen) atoms. The van der Waals surface area contributed by atoms with Gasteiger partial charge in [-0.05, 0) is 24.5 Å². The molecule has 0 bridgehead atoms. The maximum Gasteiger partial charge on any atom is 0.319 e. The van der Waals surface area contributed by atoms with E-state index >= 15 is 0 Å². The Morgan fingerprint density at radius 1 is 1.30 bits per heavy atom. The Morgan fingerprint density at radius 2 is 2.00 bits per heavy atom. The number of anilines is 1. The van der Waals surface area contributed by atoms with E-state index in [9.17, 15) is 14.7 Å². The minimum atomic E-state index is -0.415. The van der Waals surface area contributed by atoms with Crippen molar-refractivity contribution in [1.82, 2.24) is 9.88 Å². The summed E-state index contributed by atoms with van der Waals surface area (Å²) in [4.78, 5) is 23.6. The molecular formula is C17H21N3O3. The normalized spacial score (nSPS) is 11.8. The third kappa shape index (κ3) is 4.69. The Bertz CT molecular complexity index is 726. The van der Waals surface area contributed by atoms with E-state index < -0.39 is 6.03 Å². The van der Waals surface area contributed by atoms with Crippen LogP contribution >= 0.6 is 0 Å². The molecular weight excluding hydrogens is 294 g/mol. The van der Waals surface area contributed by atoms with Crippen LogP contribution in [-0.2, 0) is 13.5 Å². The van der Waals surface area contributed by atoms with Gasteiger partial charge in [-0.1, -0.05) is 30.3 Å². The first-order valence-corrected chi connectivity index (χ1v) is 7.39. The predicted octanol–water partition coefficient (Wildman–Crippen LogP) is 1.42. The number of nitrogens with zero attached hydrogens (tertiary/aromatic N) is 1. The summed E-state index contributed by atoms with van der Waals surface area (Å²) in [5, 5.41) is 14.9. The fourth-order valence-corrected chi connectivity index (χ4v) is 2.26. The molecule has 0 saturated heterocycles. The number of hydrogen-bond donors (Lipinski definition) is 3. The fourth-order valence-electron chi connectivity index (χ4n) is 2.26. The van der Waals surface area contributed by atoms with Gasteiger partial charge in [-0.2, -0.15) is 0 Å². The third-order valence-corrected chi connectivity index (χ3v) is 3.56. The number of pyridine rings is 1. The quantitative estimate of drug-likeness (QED) is 0.780. The molecule has 0 spiro atoms.